The van der Waals surface area contributed by atoms with E-state index in [-0.39, 0.29) is 6.29 Å². The van der Waals surface area contributed by atoms with Crippen molar-refractivity contribution in [3.63, 3.8) is 0 Å². The lowest BCUT2D eigenvalue weighted by Crippen LogP contribution is -2.51. The summed E-state index contributed by atoms with van der Waals surface area (Å²) >= 11 is 0. The third-order valence-electron chi connectivity index (χ3n) is 1.05. The van der Waals surface area contributed by atoms with Crippen LogP contribution in [0.25, 0.3) is 0 Å². The van der Waals surface area contributed by atoms with Crippen molar-refractivity contribution in [2.75, 3.05) is 0 Å². The van der Waals surface area contributed by atoms with Crippen LogP contribution in [0.1, 0.15) is 6.42 Å². The minimum absolute atomic E-state index is 0.0938. The Hall–Kier alpha value is -1.43. The second-order valence-electron chi connectivity index (χ2n) is 2.03. The van der Waals surface area contributed by atoms with Gasteiger partial charge in [0, 0.05) is 0 Å². The van der Waals surface area contributed by atoms with E-state index in [0.717, 1.165) is 0 Å². The molecule has 0 aromatic heterocycles. The van der Waals surface area contributed by atoms with Crippen molar-refractivity contribution in [3.05, 3.63) is 0 Å². The van der Waals surface area contributed by atoms with Gasteiger partial charge in [-0.3, -0.25) is 4.79 Å². The van der Waals surface area contributed by atoms with Gasteiger partial charge in [0.05, 0.1) is 6.42 Å². The van der Waals surface area contributed by atoms with Crippen molar-refractivity contribution in [2.45, 2.75) is 12.0 Å². The summed E-state index contributed by atoms with van der Waals surface area (Å²) < 4.78 is 0. The highest BCUT2D eigenvalue weighted by molar-refractivity contribution is 6.00. The summed E-state index contributed by atoms with van der Waals surface area (Å²) in [5.41, 5.74) is 2.59. The molecule has 0 fully saturated rings. The lowest BCUT2D eigenvalue weighted by Gasteiger charge is -2.13. The second kappa shape index (κ2) is 3.11. The zero-order chi connectivity index (χ0) is 9.07. The normalized spacial score (nSPS) is 15.0. The quantitative estimate of drug-likeness (QED) is 0.339. The largest absolute Gasteiger partial charge is 0.481 e. The summed E-state index contributed by atoms with van der Waals surface area (Å²) in [4.78, 5) is 30.2. The Morgan fingerprint density at radius 2 is 1.91 bits per heavy atom. The first kappa shape index (κ1) is 9.57. The Bertz CT molecular complexity index is 201. The van der Waals surface area contributed by atoms with Crippen molar-refractivity contribution in [1.82, 2.24) is 0 Å². The molecule has 0 heterocycles. The summed E-state index contributed by atoms with van der Waals surface area (Å²) in [5.74, 6) is -3.07. The average Bonchev–Trinajstić information content (AvgIpc) is 1.86. The number of aliphatic carboxylic acids is 2. The van der Waals surface area contributed by atoms with E-state index in [9.17, 15) is 14.4 Å². The van der Waals surface area contributed by atoms with Crippen molar-refractivity contribution >= 4 is 18.2 Å². The summed E-state index contributed by atoms with van der Waals surface area (Å²) in [6, 6.07) is 0. The van der Waals surface area contributed by atoms with Crippen molar-refractivity contribution < 1.29 is 24.6 Å². The van der Waals surface area contributed by atoms with Gasteiger partial charge in [-0.1, -0.05) is 0 Å². The maximum atomic E-state index is 10.2. The fourth-order valence-corrected chi connectivity index (χ4v) is 0.418. The zero-order valence-corrected chi connectivity index (χ0v) is 5.48. The number of carbonyl (C=O) groups is 3. The molecule has 62 valence electrons. The summed E-state index contributed by atoms with van der Waals surface area (Å²) in [5, 5.41) is 16.4. The van der Waals surface area contributed by atoms with E-state index in [2.05, 4.69) is 0 Å². The van der Waals surface area contributed by atoms with Crippen LogP contribution in [-0.2, 0) is 14.4 Å². The average molecular weight is 161 g/mol. The van der Waals surface area contributed by atoms with Crippen LogP contribution in [0.3, 0.4) is 0 Å². The third-order valence-corrected chi connectivity index (χ3v) is 1.05. The zero-order valence-electron chi connectivity index (χ0n) is 5.48. The standard InChI is InChI=1S/C5H7NO5/c6-5(2-7,4(10)11)1-3(8)9/h2H,1,6H2,(H,8,9)(H,10,11)/t5-/m1/s1. The second-order valence-corrected chi connectivity index (χ2v) is 2.03. The van der Waals surface area contributed by atoms with E-state index in [1.54, 1.807) is 0 Å². The van der Waals surface area contributed by atoms with E-state index in [4.69, 9.17) is 15.9 Å². The van der Waals surface area contributed by atoms with Gasteiger partial charge >= 0.3 is 11.9 Å². The van der Waals surface area contributed by atoms with Gasteiger partial charge in [0.2, 0.25) is 0 Å². The molecule has 0 saturated carbocycles. The number of rotatable bonds is 4. The molecule has 11 heavy (non-hydrogen) atoms. The first-order valence-electron chi connectivity index (χ1n) is 2.63. The minimum atomic E-state index is -2.30. The molecule has 0 aliphatic rings. The maximum Gasteiger partial charge on any atom is 0.331 e. The summed E-state index contributed by atoms with van der Waals surface area (Å²) in [7, 11) is 0. The Labute approximate surface area is 61.6 Å². The van der Waals surface area contributed by atoms with Gasteiger partial charge < -0.3 is 20.7 Å². The predicted molar refractivity (Wildman–Crippen MR) is 32.9 cm³/mol. The summed E-state index contributed by atoms with van der Waals surface area (Å²) in [6.45, 7) is 0. The molecule has 6 nitrogen and oxygen atoms in total. The third kappa shape index (κ3) is 2.34. The van der Waals surface area contributed by atoms with E-state index in [1.807, 2.05) is 0 Å². The lowest BCUT2D eigenvalue weighted by molar-refractivity contribution is -0.151. The number of aldehydes is 1. The highest BCUT2D eigenvalue weighted by Crippen LogP contribution is 2.02. The van der Waals surface area contributed by atoms with E-state index in [1.165, 1.54) is 0 Å². The molecule has 0 aliphatic carbocycles. The van der Waals surface area contributed by atoms with Gasteiger partial charge in [-0.2, -0.15) is 0 Å². The van der Waals surface area contributed by atoms with Crippen LogP contribution in [0.4, 0.5) is 0 Å². The van der Waals surface area contributed by atoms with Gasteiger partial charge in [-0.15, -0.1) is 0 Å². The van der Waals surface area contributed by atoms with E-state index >= 15 is 0 Å². The van der Waals surface area contributed by atoms with Crippen molar-refractivity contribution in [2.24, 2.45) is 5.73 Å². The number of carboxylic acid groups (broad SMARTS) is 2. The molecule has 0 aliphatic heterocycles. The van der Waals surface area contributed by atoms with Crippen LogP contribution in [0, 0.1) is 0 Å². The Balaban J connectivity index is 4.47. The van der Waals surface area contributed by atoms with Crippen LogP contribution in [0.15, 0.2) is 0 Å². The minimum Gasteiger partial charge on any atom is -0.481 e. The first-order valence-corrected chi connectivity index (χ1v) is 2.63. The molecule has 1 atom stereocenters. The number of hydrogen-bond acceptors (Lipinski definition) is 4. The smallest absolute Gasteiger partial charge is 0.331 e. The SMILES string of the molecule is N[C@@](C=O)(CC(=O)O)C(=O)O. The maximum absolute atomic E-state index is 10.2. The molecule has 0 aromatic carbocycles. The van der Waals surface area contributed by atoms with E-state index < -0.39 is 23.9 Å². The highest BCUT2D eigenvalue weighted by Gasteiger charge is 2.36. The summed E-state index contributed by atoms with van der Waals surface area (Å²) in [6.07, 6.45) is -1.00. The molecule has 0 unspecified atom stereocenters. The molecule has 4 N–H and O–H groups in total. The monoisotopic (exact) mass is 161 g/mol. The number of hydrogen-bond donors (Lipinski definition) is 3. The molecule has 0 bridgehead atoms. The molecule has 0 saturated heterocycles. The molecule has 0 radical (unpaired) electrons. The molecular weight excluding hydrogens is 154 g/mol. The fourth-order valence-electron chi connectivity index (χ4n) is 0.418. The highest BCUT2D eigenvalue weighted by atomic mass is 16.4. The van der Waals surface area contributed by atoms with Gasteiger partial charge in [-0.25, -0.2) is 4.79 Å². The van der Waals surface area contributed by atoms with Crippen molar-refractivity contribution in [1.29, 1.82) is 0 Å². The number of nitrogens with two attached hydrogens (primary N) is 1. The topological polar surface area (TPSA) is 118 Å². The Morgan fingerprint density at radius 3 is 2.00 bits per heavy atom. The van der Waals surface area contributed by atoms with Crippen LogP contribution < -0.4 is 5.73 Å². The number of carboxylic acids is 2. The van der Waals surface area contributed by atoms with Crippen LogP contribution in [-0.4, -0.2) is 34.0 Å². The van der Waals surface area contributed by atoms with Gasteiger partial charge in [-0.05, 0) is 0 Å². The Kier molecular flexibility index (Phi) is 2.70. The molecule has 0 spiro atoms. The lowest BCUT2D eigenvalue weighted by atomic mass is 9.99. The predicted octanol–water partition coefficient (Wildman–Crippen LogP) is -1.56. The van der Waals surface area contributed by atoms with Crippen molar-refractivity contribution in [3.8, 4) is 0 Å². The molecule has 0 aromatic rings. The first-order chi connectivity index (χ1) is 4.92. The van der Waals surface area contributed by atoms with Gasteiger partial charge in [0.1, 0.15) is 0 Å². The Morgan fingerprint density at radius 1 is 1.45 bits per heavy atom. The van der Waals surface area contributed by atoms with Crippen LogP contribution >= 0.6 is 0 Å². The number of carbonyl (C=O) groups excluding carboxylic acids is 1. The molecular formula is C5H7NO5. The fraction of sp³-hybridized carbons (Fsp3) is 0.400. The molecule has 6 heteroatoms. The van der Waals surface area contributed by atoms with Gasteiger partial charge in [0.25, 0.3) is 0 Å². The molecule has 0 amide bonds. The van der Waals surface area contributed by atoms with E-state index in [0.29, 0.717) is 0 Å². The van der Waals surface area contributed by atoms with Gasteiger partial charge in [0.15, 0.2) is 11.8 Å². The molecule has 0 rings (SSSR count). The van der Waals surface area contributed by atoms with Crippen LogP contribution in [0.5, 0.6) is 0 Å². The van der Waals surface area contributed by atoms with Crippen LogP contribution in [0.2, 0.25) is 0 Å².